The first-order valence-corrected chi connectivity index (χ1v) is 4.38. The van der Waals surface area contributed by atoms with Crippen LogP contribution in [0.5, 0.6) is 0 Å². The van der Waals surface area contributed by atoms with Crippen LogP contribution in [-0.4, -0.2) is 16.8 Å². The number of benzene rings is 1. The molecule has 0 radical (unpaired) electrons. The molecule has 0 saturated carbocycles. The van der Waals surface area contributed by atoms with E-state index in [4.69, 9.17) is 5.11 Å². The van der Waals surface area contributed by atoms with Crippen molar-refractivity contribution in [2.24, 2.45) is 0 Å². The molecule has 0 spiro atoms. The molecule has 2 N–H and O–H groups in total. The third-order valence-corrected chi connectivity index (χ3v) is 2.27. The summed E-state index contributed by atoms with van der Waals surface area (Å²) in [6, 6.07) is 5.80. The Bertz CT molecular complexity index is 303. The molecule has 1 unspecified atom stereocenters. The summed E-state index contributed by atoms with van der Waals surface area (Å²) in [5, 5.41) is 18.8. The minimum Gasteiger partial charge on any atom is -0.393 e. The standard InChI is InChI=1S/C11H16O2/c1-8-4-5-10(9(2)6-8)11(3,13)7-12/h4-6,12-13H,7H2,1-3H3. The molecule has 1 aromatic rings. The first-order chi connectivity index (χ1) is 5.97. The molecule has 72 valence electrons. The second kappa shape index (κ2) is 3.48. The van der Waals surface area contributed by atoms with Gasteiger partial charge in [0.15, 0.2) is 0 Å². The van der Waals surface area contributed by atoms with Gasteiger partial charge in [-0.05, 0) is 31.9 Å². The number of aryl methyl sites for hydroxylation is 2. The van der Waals surface area contributed by atoms with E-state index in [-0.39, 0.29) is 6.61 Å². The summed E-state index contributed by atoms with van der Waals surface area (Å²) in [6.07, 6.45) is 0. The normalized spacial score (nSPS) is 15.5. The highest BCUT2D eigenvalue weighted by atomic mass is 16.3. The Hall–Kier alpha value is -0.860. The van der Waals surface area contributed by atoms with Crippen molar-refractivity contribution >= 4 is 0 Å². The van der Waals surface area contributed by atoms with Crippen LogP contribution in [0.25, 0.3) is 0 Å². The van der Waals surface area contributed by atoms with Gasteiger partial charge in [-0.1, -0.05) is 23.8 Å². The second-order valence-corrected chi connectivity index (χ2v) is 3.75. The molecule has 0 amide bonds. The van der Waals surface area contributed by atoms with Gasteiger partial charge in [-0.15, -0.1) is 0 Å². The second-order valence-electron chi connectivity index (χ2n) is 3.75. The van der Waals surface area contributed by atoms with Crippen LogP contribution in [0, 0.1) is 13.8 Å². The Balaban J connectivity index is 3.16. The fraction of sp³-hybridized carbons (Fsp3) is 0.455. The van der Waals surface area contributed by atoms with E-state index in [2.05, 4.69) is 0 Å². The predicted octanol–water partition coefficient (Wildman–Crippen LogP) is 1.50. The molecule has 2 heteroatoms. The van der Waals surface area contributed by atoms with Crippen molar-refractivity contribution in [2.45, 2.75) is 26.4 Å². The van der Waals surface area contributed by atoms with Gasteiger partial charge < -0.3 is 10.2 Å². The van der Waals surface area contributed by atoms with Crippen molar-refractivity contribution in [2.75, 3.05) is 6.61 Å². The van der Waals surface area contributed by atoms with Gasteiger partial charge in [0.25, 0.3) is 0 Å². The summed E-state index contributed by atoms with van der Waals surface area (Å²) in [6.45, 7) is 5.30. The molecule has 0 aliphatic carbocycles. The van der Waals surface area contributed by atoms with E-state index < -0.39 is 5.60 Å². The van der Waals surface area contributed by atoms with E-state index in [0.717, 1.165) is 16.7 Å². The lowest BCUT2D eigenvalue weighted by atomic mass is 9.92. The number of rotatable bonds is 2. The first-order valence-electron chi connectivity index (χ1n) is 4.38. The van der Waals surface area contributed by atoms with Crippen LogP contribution in [0.1, 0.15) is 23.6 Å². The molecule has 13 heavy (non-hydrogen) atoms. The molecule has 1 rings (SSSR count). The summed E-state index contributed by atoms with van der Waals surface area (Å²) >= 11 is 0. The summed E-state index contributed by atoms with van der Waals surface area (Å²) in [5.74, 6) is 0. The molecule has 1 atom stereocenters. The zero-order valence-corrected chi connectivity index (χ0v) is 8.33. The fourth-order valence-electron chi connectivity index (χ4n) is 1.50. The van der Waals surface area contributed by atoms with Gasteiger partial charge in [0.05, 0.1) is 6.61 Å². The van der Waals surface area contributed by atoms with E-state index in [1.165, 1.54) is 0 Å². The molecule has 0 heterocycles. The molecule has 1 aromatic carbocycles. The zero-order valence-electron chi connectivity index (χ0n) is 8.33. The van der Waals surface area contributed by atoms with Crippen LogP contribution in [0.4, 0.5) is 0 Å². The fourth-order valence-corrected chi connectivity index (χ4v) is 1.50. The van der Waals surface area contributed by atoms with E-state index in [0.29, 0.717) is 0 Å². The summed E-state index contributed by atoms with van der Waals surface area (Å²) in [7, 11) is 0. The van der Waals surface area contributed by atoms with Crippen molar-refractivity contribution in [3.63, 3.8) is 0 Å². The number of aliphatic hydroxyl groups excluding tert-OH is 1. The summed E-state index contributed by atoms with van der Waals surface area (Å²) in [5.41, 5.74) is 1.84. The average molecular weight is 180 g/mol. The predicted molar refractivity (Wildman–Crippen MR) is 52.6 cm³/mol. The number of aliphatic hydroxyl groups is 2. The van der Waals surface area contributed by atoms with E-state index >= 15 is 0 Å². The van der Waals surface area contributed by atoms with E-state index in [9.17, 15) is 5.11 Å². The largest absolute Gasteiger partial charge is 0.393 e. The van der Waals surface area contributed by atoms with Crippen LogP contribution in [0.3, 0.4) is 0 Å². The Morgan fingerprint density at radius 2 is 1.92 bits per heavy atom. The van der Waals surface area contributed by atoms with Crippen LogP contribution in [-0.2, 0) is 5.60 Å². The van der Waals surface area contributed by atoms with Crippen molar-refractivity contribution < 1.29 is 10.2 Å². The van der Waals surface area contributed by atoms with Crippen LogP contribution < -0.4 is 0 Å². The zero-order chi connectivity index (χ0) is 10.1. The maximum absolute atomic E-state index is 9.82. The van der Waals surface area contributed by atoms with Crippen molar-refractivity contribution in [1.29, 1.82) is 0 Å². The lowest BCUT2D eigenvalue weighted by Crippen LogP contribution is -2.26. The highest BCUT2D eigenvalue weighted by molar-refractivity contribution is 5.34. The number of hydrogen-bond acceptors (Lipinski definition) is 2. The Kier molecular flexibility index (Phi) is 2.74. The summed E-state index contributed by atoms with van der Waals surface area (Å²) < 4.78 is 0. The van der Waals surface area contributed by atoms with Crippen LogP contribution in [0.15, 0.2) is 18.2 Å². The third-order valence-electron chi connectivity index (χ3n) is 2.27. The van der Waals surface area contributed by atoms with Gasteiger partial charge in [0.1, 0.15) is 5.60 Å². The van der Waals surface area contributed by atoms with Gasteiger partial charge in [-0.2, -0.15) is 0 Å². The summed E-state index contributed by atoms with van der Waals surface area (Å²) in [4.78, 5) is 0. The first kappa shape index (κ1) is 10.2. The maximum Gasteiger partial charge on any atom is 0.110 e. The molecular formula is C11H16O2. The van der Waals surface area contributed by atoms with Gasteiger partial charge in [0, 0.05) is 0 Å². The third kappa shape index (κ3) is 2.08. The average Bonchev–Trinajstić information content (AvgIpc) is 2.03. The molecule has 0 bridgehead atoms. The topological polar surface area (TPSA) is 40.5 Å². The molecule has 0 aliphatic rings. The van der Waals surface area contributed by atoms with E-state index in [1.54, 1.807) is 6.92 Å². The molecule has 0 saturated heterocycles. The Morgan fingerprint density at radius 1 is 1.31 bits per heavy atom. The minimum absolute atomic E-state index is 0.253. The Labute approximate surface area is 78.8 Å². The van der Waals surface area contributed by atoms with Crippen LogP contribution >= 0.6 is 0 Å². The molecular weight excluding hydrogens is 164 g/mol. The molecule has 0 fully saturated rings. The Morgan fingerprint density at radius 3 is 2.38 bits per heavy atom. The monoisotopic (exact) mass is 180 g/mol. The number of hydrogen-bond donors (Lipinski definition) is 2. The molecule has 0 aliphatic heterocycles. The molecule has 0 aromatic heterocycles. The van der Waals surface area contributed by atoms with Crippen LogP contribution in [0.2, 0.25) is 0 Å². The highest BCUT2D eigenvalue weighted by Crippen LogP contribution is 2.23. The lowest BCUT2D eigenvalue weighted by Gasteiger charge is -2.23. The quantitative estimate of drug-likeness (QED) is 0.724. The van der Waals surface area contributed by atoms with E-state index in [1.807, 2.05) is 32.0 Å². The van der Waals surface area contributed by atoms with Gasteiger partial charge >= 0.3 is 0 Å². The van der Waals surface area contributed by atoms with Crippen molar-refractivity contribution in [1.82, 2.24) is 0 Å². The van der Waals surface area contributed by atoms with Gasteiger partial charge in [-0.25, -0.2) is 0 Å². The highest BCUT2D eigenvalue weighted by Gasteiger charge is 2.23. The molecule has 2 nitrogen and oxygen atoms in total. The van der Waals surface area contributed by atoms with Crippen molar-refractivity contribution in [3.8, 4) is 0 Å². The van der Waals surface area contributed by atoms with Gasteiger partial charge in [0.2, 0.25) is 0 Å². The lowest BCUT2D eigenvalue weighted by molar-refractivity contribution is -0.00278. The minimum atomic E-state index is -1.13. The maximum atomic E-state index is 9.82. The smallest absolute Gasteiger partial charge is 0.110 e. The SMILES string of the molecule is Cc1ccc(C(C)(O)CO)c(C)c1. The van der Waals surface area contributed by atoms with Gasteiger partial charge in [-0.3, -0.25) is 0 Å². The van der Waals surface area contributed by atoms with Crippen molar-refractivity contribution in [3.05, 3.63) is 34.9 Å².